The Bertz CT molecular complexity index is 461. The van der Waals surface area contributed by atoms with Gasteiger partial charge < -0.3 is 14.6 Å². The van der Waals surface area contributed by atoms with Crippen LogP contribution in [-0.4, -0.2) is 23.9 Å². The highest BCUT2D eigenvalue weighted by molar-refractivity contribution is 5.54. The maximum absolute atomic E-state index is 10.0. The molecule has 3 nitrogen and oxygen atoms in total. The van der Waals surface area contributed by atoms with Crippen molar-refractivity contribution < 1.29 is 14.6 Å². The number of hydrogen-bond donors (Lipinski definition) is 1. The number of hydrogen-bond acceptors (Lipinski definition) is 3. The van der Waals surface area contributed by atoms with E-state index < -0.39 is 5.60 Å². The highest BCUT2D eigenvalue weighted by Crippen LogP contribution is 2.43. The van der Waals surface area contributed by atoms with E-state index >= 15 is 0 Å². The Kier molecular flexibility index (Phi) is 2.33. The summed E-state index contributed by atoms with van der Waals surface area (Å²) in [6, 6.07) is 2.03. The third kappa shape index (κ3) is 1.89. The average molecular weight is 234 g/mol. The fourth-order valence-corrected chi connectivity index (χ4v) is 2.37. The van der Waals surface area contributed by atoms with Crippen molar-refractivity contribution in [3.8, 4) is 11.5 Å². The van der Waals surface area contributed by atoms with Crippen molar-refractivity contribution in [3.63, 3.8) is 0 Å². The van der Waals surface area contributed by atoms with Crippen molar-refractivity contribution in [1.82, 2.24) is 0 Å². The zero-order chi connectivity index (χ0) is 12.0. The van der Waals surface area contributed by atoms with Crippen LogP contribution in [0.3, 0.4) is 0 Å². The molecule has 1 N–H and O–H groups in total. The summed E-state index contributed by atoms with van der Waals surface area (Å²) >= 11 is 0. The van der Waals surface area contributed by atoms with Gasteiger partial charge in [-0.3, -0.25) is 0 Å². The predicted molar refractivity (Wildman–Crippen MR) is 64.8 cm³/mol. The van der Waals surface area contributed by atoms with Gasteiger partial charge in [0.2, 0.25) is 0 Å². The first-order valence-corrected chi connectivity index (χ1v) is 6.20. The molecule has 0 bridgehead atoms. The van der Waals surface area contributed by atoms with E-state index in [4.69, 9.17) is 9.47 Å². The smallest absolute Gasteiger partial charge is 0.164 e. The van der Waals surface area contributed by atoms with Crippen LogP contribution >= 0.6 is 0 Å². The van der Waals surface area contributed by atoms with Crippen LogP contribution in [0.1, 0.15) is 29.5 Å². The molecule has 1 aliphatic heterocycles. The van der Waals surface area contributed by atoms with Crippen molar-refractivity contribution in [2.75, 3.05) is 13.2 Å². The van der Waals surface area contributed by atoms with Crippen molar-refractivity contribution >= 4 is 0 Å². The highest BCUT2D eigenvalue weighted by Gasteiger charge is 2.40. The summed E-state index contributed by atoms with van der Waals surface area (Å²) in [6.45, 7) is 5.38. The Labute approximate surface area is 101 Å². The summed E-state index contributed by atoms with van der Waals surface area (Å²) in [6.07, 6.45) is 2.57. The molecule has 0 amide bonds. The Morgan fingerprint density at radius 1 is 1.18 bits per heavy atom. The molecule has 0 spiro atoms. The Morgan fingerprint density at radius 2 is 1.88 bits per heavy atom. The monoisotopic (exact) mass is 234 g/mol. The molecule has 1 aliphatic carbocycles. The van der Waals surface area contributed by atoms with Gasteiger partial charge in [-0.15, -0.1) is 0 Å². The molecule has 0 aromatic heterocycles. The molecule has 1 heterocycles. The lowest BCUT2D eigenvalue weighted by atomic mass is 9.96. The molecule has 0 unspecified atom stereocenters. The Balaban J connectivity index is 2.01. The maximum Gasteiger partial charge on any atom is 0.164 e. The minimum atomic E-state index is -0.457. The molecule has 0 atom stereocenters. The van der Waals surface area contributed by atoms with Crippen molar-refractivity contribution in [1.29, 1.82) is 0 Å². The van der Waals surface area contributed by atoms with Gasteiger partial charge in [-0.25, -0.2) is 0 Å². The van der Waals surface area contributed by atoms with Gasteiger partial charge in [0.15, 0.2) is 11.5 Å². The molecule has 1 fully saturated rings. The van der Waals surface area contributed by atoms with Gasteiger partial charge in [-0.05, 0) is 49.4 Å². The van der Waals surface area contributed by atoms with Crippen LogP contribution in [0.2, 0.25) is 0 Å². The zero-order valence-corrected chi connectivity index (χ0v) is 10.4. The van der Waals surface area contributed by atoms with Gasteiger partial charge in [-0.2, -0.15) is 0 Å². The van der Waals surface area contributed by atoms with Crippen molar-refractivity contribution in [2.45, 2.75) is 38.7 Å². The Morgan fingerprint density at radius 3 is 2.59 bits per heavy atom. The van der Waals surface area contributed by atoms with E-state index in [-0.39, 0.29) is 0 Å². The first kappa shape index (κ1) is 10.9. The molecule has 0 radical (unpaired) electrons. The number of fused-ring (bicyclic) bond motifs is 1. The molecule has 3 rings (SSSR count). The summed E-state index contributed by atoms with van der Waals surface area (Å²) in [7, 11) is 0. The van der Waals surface area contributed by atoms with E-state index in [0.717, 1.165) is 36.3 Å². The van der Waals surface area contributed by atoms with Crippen LogP contribution in [0.25, 0.3) is 0 Å². The van der Waals surface area contributed by atoms with Crippen LogP contribution in [0.5, 0.6) is 11.5 Å². The molecule has 92 valence electrons. The molecule has 3 heteroatoms. The second-order valence-corrected chi connectivity index (χ2v) is 5.21. The van der Waals surface area contributed by atoms with Crippen LogP contribution in [-0.2, 0) is 6.42 Å². The fourth-order valence-electron chi connectivity index (χ4n) is 2.37. The van der Waals surface area contributed by atoms with Gasteiger partial charge >= 0.3 is 0 Å². The lowest BCUT2D eigenvalue weighted by Crippen LogP contribution is -2.18. The molecule has 1 saturated carbocycles. The number of ether oxygens (including phenoxy) is 2. The molecular weight excluding hydrogens is 216 g/mol. The molecule has 1 aromatic rings. The van der Waals surface area contributed by atoms with Crippen LogP contribution < -0.4 is 9.47 Å². The molecule has 17 heavy (non-hydrogen) atoms. The fraction of sp³-hybridized carbons (Fsp3) is 0.571. The van der Waals surface area contributed by atoms with Crippen LogP contribution in [0.4, 0.5) is 0 Å². The minimum Gasteiger partial charge on any atom is -0.486 e. The normalized spacial score (nSPS) is 20.2. The third-order valence-electron chi connectivity index (χ3n) is 3.85. The van der Waals surface area contributed by atoms with Gasteiger partial charge in [0, 0.05) is 6.42 Å². The molecule has 2 aliphatic rings. The maximum atomic E-state index is 10.0. The lowest BCUT2D eigenvalue weighted by molar-refractivity contribution is 0.149. The van der Waals surface area contributed by atoms with E-state index in [1.54, 1.807) is 0 Å². The van der Waals surface area contributed by atoms with Crippen molar-refractivity contribution in [2.24, 2.45) is 0 Å². The van der Waals surface area contributed by atoms with E-state index in [1.807, 2.05) is 6.07 Å². The first-order chi connectivity index (χ1) is 8.09. The summed E-state index contributed by atoms with van der Waals surface area (Å²) in [5, 5.41) is 10.0. The number of rotatable bonds is 2. The van der Waals surface area contributed by atoms with Crippen molar-refractivity contribution in [3.05, 3.63) is 22.8 Å². The predicted octanol–water partition coefficient (Wildman–Crippen LogP) is 2.14. The van der Waals surface area contributed by atoms with Gasteiger partial charge in [-0.1, -0.05) is 0 Å². The number of benzene rings is 1. The summed E-state index contributed by atoms with van der Waals surface area (Å²) in [5.74, 6) is 1.71. The SMILES string of the molecule is Cc1c(CC2(O)CC2)cc2c(c1C)OCCO2. The topological polar surface area (TPSA) is 38.7 Å². The molecular formula is C14H18O3. The number of aliphatic hydroxyl groups is 1. The quantitative estimate of drug-likeness (QED) is 0.852. The van der Waals surface area contributed by atoms with Crippen LogP contribution in [0.15, 0.2) is 6.07 Å². The summed E-state index contributed by atoms with van der Waals surface area (Å²) in [4.78, 5) is 0. The second kappa shape index (κ2) is 3.64. The second-order valence-electron chi connectivity index (χ2n) is 5.21. The van der Waals surface area contributed by atoms with E-state index in [2.05, 4.69) is 13.8 Å². The lowest BCUT2D eigenvalue weighted by Gasteiger charge is -2.23. The average Bonchev–Trinajstić information content (AvgIpc) is 3.04. The van der Waals surface area contributed by atoms with Crippen LogP contribution in [0, 0.1) is 13.8 Å². The third-order valence-corrected chi connectivity index (χ3v) is 3.85. The Hall–Kier alpha value is -1.22. The summed E-state index contributed by atoms with van der Waals surface area (Å²) in [5.41, 5.74) is 3.09. The van der Waals surface area contributed by atoms with E-state index in [1.165, 1.54) is 11.1 Å². The molecule has 1 aromatic carbocycles. The minimum absolute atomic E-state index is 0.457. The largest absolute Gasteiger partial charge is 0.486 e. The standard InChI is InChI=1S/C14H18O3/c1-9-10(2)13-12(16-5-6-17-13)7-11(9)8-14(15)3-4-14/h7,15H,3-6,8H2,1-2H3. The first-order valence-electron chi connectivity index (χ1n) is 6.20. The van der Waals surface area contributed by atoms with Gasteiger partial charge in [0.1, 0.15) is 13.2 Å². The summed E-state index contributed by atoms with van der Waals surface area (Å²) < 4.78 is 11.3. The van der Waals surface area contributed by atoms with Gasteiger partial charge in [0.25, 0.3) is 0 Å². The molecule has 0 saturated heterocycles. The highest BCUT2D eigenvalue weighted by atomic mass is 16.6. The van der Waals surface area contributed by atoms with E-state index in [0.29, 0.717) is 13.2 Å². The van der Waals surface area contributed by atoms with Gasteiger partial charge in [0.05, 0.1) is 5.60 Å². The van der Waals surface area contributed by atoms with E-state index in [9.17, 15) is 5.11 Å². The zero-order valence-electron chi connectivity index (χ0n) is 10.4.